The monoisotopic (exact) mass is 593 g/mol. The summed E-state index contributed by atoms with van der Waals surface area (Å²) in [6.45, 7) is 21.7. The molecule has 2 aromatic rings. The van der Waals surface area contributed by atoms with E-state index in [1.807, 2.05) is 0 Å². The number of benzene rings is 2. The van der Waals surface area contributed by atoms with Gasteiger partial charge in [0.05, 0.1) is 0 Å². The van der Waals surface area contributed by atoms with Gasteiger partial charge in [-0.25, -0.2) is 0 Å². The normalized spacial score (nSPS) is 17.1. The predicted octanol–water partition coefficient (Wildman–Crippen LogP) is 8.81. The first-order chi connectivity index (χ1) is 15.3. The summed E-state index contributed by atoms with van der Waals surface area (Å²) in [6.07, 6.45) is 5.87. The van der Waals surface area contributed by atoms with E-state index in [0.29, 0.717) is 5.92 Å². The van der Waals surface area contributed by atoms with Gasteiger partial charge in [-0.1, -0.05) is 0 Å². The van der Waals surface area contributed by atoms with E-state index in [4.69, 9.17) is 17.0 Å². The van der Waals surface area contributed by atoms with E-state index in [-0.39, 0.29) is 3.63 Å². The van der Waals surface area contributed by atoms with E-state index in [2.05, 4.69) is 96.5 Å². The SMILES string of the molecule is CCCc1ccc2c(c1-c1cc([Si](C)(C)C)cc([Si](C)(C)C)c1)C=C(C(C)CC)[CH]2[Zr]([Cl])[Cl]. The van der Waals surface area contributed by atoms with E-state index in [1.54, 1.807) is 10.4 Å². The predicted molar refractivity (Wildman–Crippen MR) is 154 cm³/mol. The van der Waals surface area contributed by atoms with Crippen molar-refractivity contribution in [3.8, 4) is 11.1 Å². The fraction of sp³-hybridized carbons (Fsp3) is 0.500. The van der Waals surface area contributed by atoms with Gasteiger partial charge in [0, 0.05) is 0 Å². The number of hydrogen-bond acceptors (Lipinski definition) is 0. The van der Waals surface area contributed by atoms with Crippen LogP contribution in [0.1, 0.15) is 53.9 Å². The van der Waals surface area contributed by atoms with Crippen molar-refractivity contribution in [1.29, 1.82) is 0 Å². The molecule has 0 aromatic heterocycles. The topological polar surface area (TPSA) is 0 Å². The van der Waals surface area contributed by atoms with Crippen LogP contribution in [0.25, 0.3) is 17.2 Å². The summed E-state index contributed by atoms with van der Waals surface area (Å²) < 4.78 is 0.284. The molecule has 0 aliphatic heterocycles. The Morgan fingerprint density at radius 2 is 1.48 bits per heavy atom. The first kappa shape index (κ1) is 27.7. The van der Waals surface area contributed by atoms with E-state index in [0.717, 1.165) is 19.3 Å². The van der Waals surface area contributed by atoms with Crippen LogP contribution in [-0.4, -0.2) is 16.1 Å². The van der Waals surface area contributed by atoms with Crippen LogP contribution in [0.15, 0.2) is 35.9 Å². The van der Waals surface area contributed by atoms with E-state index in [1.165, 1.54) is 33.4 Å². The van der Waals surface area contributed by atoms with Crippen molar-refractivity contribution in [2.45, 2.75) is 82.9 Å². The Bertz CT molecular complexity index is 1010. The standard InChI is InChI=1S/C28H41Si2.2ClH.Zr/c1-10-12-21-13-14-22-15-23(20(3)11-2)18-27(22)28(21)24-16-25(29(4,5)6)19-26(17-24)30(7,8)9;;;/h13-20H,10-12H2,1-9H3;2*1H;/q;;;+2/p-2. The molecule has 2 atom stereocenters. The van der Waals surface area contributed by atoms with Crippen molar-refractivity contribution in [2.24, 2.45) is 5.92 Å². The summed E-state index contributed by atoms with van der Waals surface area (Å²) in [6, 6.07) is 12.3. The Hall–Kier alpha value is 0.0769. The molecule has 1 aliphatic carbocycles. The fourth-order valence-corrected chi connectivity index (χ4v) is 13.0. The van der Waals surface area contributed by atoms with Crippen LogP contribution in [0.5, 0.6) is 0 Å². The first-order valence-corrected chi connectivity index (χ1v) is 27.3. The Balaban J connectivity index is 2.38. The number of rotatable bonds is 8. The molecular formula is C28H41Cl2Si2Zr. The van der Waals surface area contributed by atoms with Gasteiger partial charge < -0.3 is 0 Å². The van der Waals surface area contributed by atoms with Crippen LogP contribution in [0, 0.1) is 5.92 Å². The molecule has 0 amide bonds. The quantitative estimate of drug-likeness (QED) is 0.268. The first-order valence-electron chi connectivity index (χ1n) is 12.5. The minimum atomic E-state index is -2.54. The van der Waals surface area contributed by atoms with E-state index < -0.39 is 35.5 Å². The number of allylic oxidation sites excluding steroid dienone is 1. The zero-order valence-corrected chi connectivity index (χ0v) is 28.0. The van der Waals surface area contributed by atoms with Crippen molar-refractivity contribution in [3.63, 3.8) is 0 Å². The van der Waals surface area contributed by atoms with Crippen LogP contribution in [0.3, 0.4) is 0 Å². The van der Waals surface area contributed by atoms with E-state index >= 15 is 0 Å². The second-order valence-electron chi connectivity index (χ2n) is 11.8. The van der Waals surface area contributed by atoms with Crippen molar-refractivity contribution in [2.75, 3.05) is 0 Å². The summed E-state index contributed by atoms with van der Waals surface area (Å²) in [5, 5.41) is 3.15. The third kappa shape index (κ3) is 5.91. The van der Waals surface area contributed by atoms with Crippen molar-refractivity contribution < 1.29 is 19.4 Å². The molecule has 0 spiro atoms. The molecule has 0 nitrogen and oxygen atoms in total. The maximum atomic E-state index is 6.81. The Labute approximate surface area is 220 Å². The summed E-state index contributed by atoms with van der Waals surface area (Å²) in [7, 11) is 10.7. The molecule has 0 N–H and O–H groups in total. The molecule has 0 saturated carbocycles. The number of aryl methyl sites for hydroxylation is 1. The molecule has 33 heavy (non-hydrogen) atoms. The molecule has 0 radical (unpaired) electrons. The molecule has 5 heteroatoms. The minimum absolute atomic E-state index is 0.284. The van der Waals surface area contributed by atoms with Crippen LogP contribution in [-0.2, 0) is 25.8 Å². The zero-order valence-electron chi connectivity index (χ0n) is 22.0. The average Bonchev–Trinajstić information content (AvgIpc) is 3.11. The number of halogens is 2. The van der Waals surface area contributed by atoms with Crippen LogP contribution in [0.4, 0.5) is 0 Å². The molecule has 2 aromatic carbocycles. The second kappa shape index (κ2) is 10.6. The van der Waals surface area contributed by atoms with Gasteiger partial charge in [-0.15, -0.1) is 0 Å². The summed E-state index contributed by atoms with van der Waals surface area (Å²) in [4.78, 5) is 0. The van der Waals surface area contributed by atoms with Crippen molar-refractivity contribution in [3.05, 3.63) is 52.6 Å². The molecule has 1 aliphatic rings. The molecule has 2 unspecified atom stereocenters. The van der Waals surface area contributed by atoms with Crippen molar-refractivity contribution >= 4 is 49.6 Å². The van der Waals surface area contributed by atoms with Gasteiger partial charge in [-0.05, 0) is 0 Å². The van der Waals surface area contributed by atoms with Gasteiger partial charge in [0.15, 0.2) is 0 Å². The Morgan fingerprint density at radius 3 is 1.94 bits per heavy atom. The third-order valence-corrected chi connectivity index (χ3v) is 16.5. The molecule has 0 bridgehead atoms. The Kier molecular flexibility index (Phi) is 8.88. The zero-order chi connectivity index (χ0) is 24.7. The van der Waals surface area contributed by atoms with Gasteiger partial charge in [-0.3, -0.25) is 0 Å². The van der Waals surface area contributed by atoms with Crippen LogP contribution in [0.2, 0.25) is 39.3 Å². The van der Waals surface area contributed by atoms with Crippen molar-refractivity contribution in [1.82, 2.24) is 0 Å². The average molecular weight is 596 g/mol. The molecule has 3 rings (SSSR count). The third-order valence-electron chi connectivity index (χ3n) is 7.19. The van der Waals surface area contributed by atoms with Gasteiger partial charge in [0.2, 0.25) is 0 Å². The van der Waals surface area contributed by atoms with Crippen LogP contribution < -0.4 is 10.4 Å². The molecule has 0 fully saturated rings. The maximum absolute atomic E-state index is 6.81. The molecule has 0 heterocycles. The van der Waals surface area contributed by atoms with Gasteiger partial charge in [0.25, 0.3) is 0 Å². The number of hydrogen-bond donors (Lipinski definition) is 0. The molecule has 179 valence electrons. The fourth-order valence-electron chi connectivity index (χ4n) is 4.88. The molecular weight excluding hydrogens is 555 g/mol. The van der Waals surface area contributed by atoms with Crippen LogP contribution >= 0.6 is 17.0 Å². The second-order valence-corrected chi connectivity index (χ2v) is 30.8. The molecule has 0 saturated heterocycles. The summed E-state index contributed by atoms with van der Waals surface area (Å²) in [5.41, 5.74) is 8.63. The summed E-state index contributed by atoms with van der Waals surface area (Å²) in [5.74, 6) is 0.517. The Morgan fingerprint density at radius 1 is 0.909 bits per heavy atom. The van der Waals surface area contributed by atoms with E-state index in [9.17, 15) is 0 Å². The van der Waals surface area contributed by atoms with Gasteiger partial charge in [0.1, 0.15) is 0 Å². The summed E-state index contributed by atoms with van der Waals surface area (Å²) >= 11 is -2.54. The number of fused-ring (bicyclic) bond motifs is 1. The van der Waals surface area contributed by atoms with Gasteiger partial charge >= 0.3 is 222 Å². The van der Waals surface area contributed by atoms with Gasteiger partial charge in [-0.2, -0.15) is 0 Å².